The summed E-state index contributed by atoms with van der Waals surface area (Å²) in [6.45, 7) is 2.00. The van der Waals surface area contributed by atoms with Crippen LogP contribution in [0, 0.1) is 0 Å². The van der Waals surface area contributed by atoms with E-state index in [0.717, 1.165) is 0 Å². The molecule has 0 fully saturated rings. The Hall–Kier alpha value is -1.18. The van der Waals surface area contributed by atoms with Gasteiger partial charge in [-0.25, -0.2) is 0 Å². The molecule has 0 aliphatic carbocycles. The molecule has 0 radical (unpaired) electrons. The van der Waals surface area contributed by atoms with Gasteiger partial charge in [0.05, 0.1) is 5.69 Å². The predicted octanol–water partition coefficient (Wildman–Crippen LogP) is 0.587. The number of para-hydroxylation sites is 1. The molecule has 0 spiro atoms. The molecular weight excluding hydrogens is 246 g/mol. The van der Waals surface area contributed by atoms with Gasteiger partial charge >= 0.3 is 0 Å². The Morgan fingerprint density at radius 2 is 2.06 bits per heavy atom. The topological polar surface area (TPSA) is 84.2 Å². The van der Waals surface area contributed by atoms with Gasteiger partial charge in [-0.2, -0.15) is 13.1 Å². The van der Waals surface area contributed by atoms with Crippen molar-refractivity contribution in [3.63, 3.8) is 0 Å². The zero-order valence-corrected chi connectivity index (χ0v) is 10.4. The summed E-state index contributed by atoms with van der Waals surface area (Å²) in [6, 6.07) is 6.70. The first kappa shape index (κ1) is 12.9. The number of thiocarbonyl (C=S) groups is 1. The summed E-state index contributed by atoms with van der Waals surface area (Å²) in [7, 11) is -3.56. The molecule has 5 nitrogen and oxygen atoms in total. The van der Waals surface area contributed by atoms with E-state index in [1.807, 2.05) is 0 Å². The molecule has 1 rings (SSSR count). The van der Waals surface area contributed by atoms with Gasteiger partial charge in [0.25, 0.3) is 10.2 Å². The molecule has 1 aromatic carbocycles. The highest BCUT2D eigenvalue weighted by Crippen LogP contribution is 2.15. The lowest BCUT2D eigenvalue weighted by Gasteiger charge is -2.11. The minimum atomic E-state index is -3.56. The molecule has 1 aromatic rings. The fourth-order valence-corrected chi connectivity index (χ4v) is 2.26. The molecule has 0 bridgehead atoms. The fourth-order valence-electron chi connectivity index (χ4n) is 1.16. The van der Waals surface area contributed by atoms with Crippen molar-refractivity contribution in [3.05, 3.63) is 29.8 Å². The second-order valence-electron chi connectivity index (χ2n) is 3.01. The zero-order chi connectivity index (χ0) is 12.2. The number of nitrogens with one attached hydrogen (secondary N) is 2. The van der Waals surface area contributed by atoms with Crippen molar-refractivity contribution in [2.24, 2.45) is 5.73 Å². The SMILES string of the molecule is CCNS(=O)(=O)Nc1ccccc1C(N)=S. The number of benzene rings is 1. The van der Waals surface area contributed by atoms with E-state index in [2.05, 4.69) is 9.44 Å². The van der Waals surface area contributed by atoms with E-state index < -0.39 is 10.2 Å². The first-order valence-corrected chi connectivity index (χ1v) is 6.51. The summed E-state index contributed by atoms with van der Waals surface area (Å²) in [5, 5.41) is 0. The lowest BCUT2D eigenvalue weighted by atomic mass is 10.2. The van der Waals surface area contributed by atoms with Gasteiger partial charge in [0.1, 0.15) is 4.99 Å². The highest BCUT2D eigenvalue weighted by Gasteiger charge is 2.11. The highest BCUT2D eigenvalue weighted by molar-refractivity contribution is 7.90. The van der Waals surface area contributed by atoms with Gasteiger partial charge in [-0.1, -0.05) is 31.3 Å². The summed E-state index contributed by atoms with van der Waals surface area (Å²) in [6.07, 6.45) is 0. The predicted molar refractivity (Wildman–Crippen MR) is 68.5 cm³/mol. The van der Waals surface area contributed by atoms with E-state index in [9.17, 15) is 8.42 Å². The van der Waals surface area contributed by atoms with Gasteiger partial charge in [-0.05, 0) is 12.1 Å². The minimum Gasteiger partial charge on any atom is -0.389 e. The van der Waals surface area contributed by atoms with Crippen LogP contribution in [0.25, 0.3) is 0 Å². The molecule has 88 valence electrons. The largest absolute Gasteiger partial charge is 0.389 e. The molecule has 7 heteroatoms. The average molecular weight is 259 g/mol. The first-order chi connectivity index (χ1) is 7.46. The number of hydrogen-bond donors (Lipinski definition) is 3. The molecule has 16 heavy (non-hydrogen) atoms. The Morgan fingerprint density at radius 3 is 2.62 bits per heavy atom. The van der Waals surface area contributed by atoms with Crippen LogP contribution in [0.4, 0.5) is 5.69 Å². The van der Waals surface area contributed by atoms with E-state index in [0.29, 0.717) is 17.8 Å². The Morgan fingerprint density at radius 1 is 1.44 bits per heavy atom. The standard InChI is InChI=1S/C9H13N3O2S2/c1-2-11-16(13,14)12-8-6-4-3-5-7(8)9(10)15/h3-6,11-12H,2H2,1H3,(H2,10,15). The van der Waals surface area contributed by atoms with Crippen LogP contribution in [0.5, 0.6) is 0 Å². The van der Waals surface area contributed by atoms with E-state index in [1.165, 1.54) is 0 Å². The fraction of sp³-hybridized carbons (Fsp3) is 0.222. The number of nitrogens with two attached hydrogens (primary N) is 1. The molecule has 0 aliphatic heterocycles. The summed E-state index contributed by atoms with van der Waals surface area (Å²) in [5.74, 6) is 0. The summed E-state index contributed by atoms with van der Waals surface area (Å²) >= 11 is 4.83. The molecule has 0 saturated heterocycles. The lowest BCUT2D eigenvalue weighted by Crippen LogP contribution is -2.30. The van der Waals surface area contributed by atoms with Crippen molar-refractivity contribution in [2.45, 2.75) is 6.92 Å². The van der Waals surface area contributed by atoms with Crippen molar-refractivity contribution in [3.8, 4) is 0 Å². The minimum absolute atomic E-state index is 0.148. The molecular formula is C9H13N3O2S2. The van der Waals surface area contributed by atoms with Crippen molar-refractivity contribution in [2.75, 3.05) is 11.3 Å². The molecule has 4 N–H and O–H groups in total. The third-order valence-electron chi connectivity index (χ3n) is 1.77. The van der Waals surface area contributed by atoms with Crippen LogP contribution in [0.3, 0.4) is 0 Å². The van der Waals surface area contributed by atoms with Gasteiger partial charge in [0, 0.05) is 12.1 Å². The highest BCUT2D eigenvalue weighted by atomic mass is 32.2. The number of anilines is 1. The Balaban J connectivity index is 3.02. The summed E-state index contributed by atoms with van der Waals surface area (Å²) in [4.78, 5) is 0.148. The van der Waals surface area contributed by atoms with Crippen LogP contribution in [0.15, 0.2) is 24.3 Å². The van der Waals surface area contributed by atoms with Crippen molar-refractivity contribution in [1.29, 1.82) is 0 Å². The van der Waals surface area contributed by atoms with E-state index >= 15 is 0 Å². The van der Waals surface area contributed by atoms with Crippen LogP contribution in [-0.4, -0.2) is 20.0 Å². The average Bonchev–Trinajstić information content (AvgIpc) is 2.17. The van der Waals surface area contributed by atoms with Crippen molar-refractivity contribution in [1.82, 2.24) is 4.72 Å². The monoisotopic (exact) mass is 259 g/mol. The van der Waals surface area contributed by atoms with Gasteiger partial charge in [0.15, 0.2) is 0 Å². The van der Waals surface area contributed by atoms with Crippen LogP contribution >= 0.6 is 12.2 Å². The molecule has 0 heterocycles. The molecule has 0 aromatic heterocycles. The van der Waals surface area contributed by atoms with Crippen molar-refractivity contribution < 1.29 is 8.42 Å². The molecule has 0 unspecified atom stereocenters. The van der Waals surface area contributed by atoms with E-state index in [-0.39, 0.29) is 4.99 Å². The third kappa shape index (κ3) is 3.44. The maximum absolute atomic E-state index is 11.5. The van der Waals surface area contributed by atoms with Crippen LogP contribution < -0.4 is 15.2 Å². The molecule has 0 amide bonds. The van der Waals surface area contributed by atoms with Crippen molar-refractivity contribution >= 4 is 33.1 Å². The Labute approximate surface area is 100 Å². The van der Waals surface area contributed by atoms with Crippen LogP contribution in [0.1, 0.15) is 12.5 Å². The second kappa shape index (κ2) is 5.24. The zero-order valence-electron chi connectivity index (χ0n) is 8.73. The van der Waals surface area contributed by atoms with Crippen LogP contribution in [0.2, 0.25) is 0 Å². The Kier molecular flexibility index (Phi) is 4.22. The smallest absolute Gasteiger partial charge is 0.299 e. The quantitative estimate of drug-likeness (QED) is 0.676. The molecule has 0 saturated carbocycles. The second-order valence-corrected chi connectivity index (χ2v) is 4.95. The van der Waals surface area contributed by atoms with Crippen LogP contribution in [-0.2, 0) is 10.2 Å². The number of hydrogen-bond acceptors (Lipinski definition) is 3. The molecule has 0 atom stereocenters. The Bertz CT molecular complexity index is 485. The number of rotatable bonds is 5. The third-order valence-corrected chi connectivity index (χ3v) is 3.15. The van der Waals surface area contributed by atoms with Gasteiger partial charge in [-0.15, -0.1) is 0 Å². The van der Waals surface area contributed by atoms with Gasteiger partial charge in [-0.3, -0.25) is 4.72 Å². The van der Waals surface area contributed by atoms with E-state index in [4.69, 9.17) is 18.0 Å². The van der Waals surface area contributed by atoms with E-state index in [1.54, 1.807) is 31.2 Å². The summed E-state index contributed by atoms with van der Waals surface area (Å²) in [5.41, 5.74) is 6.35. The lowest BCUT2D eigenvalue weighted by molar-refractivity contribution is 0.589. The van der Waals surface area contributed by atoms with Gasteiger partial charge < -0.3 is 5.73 Å². The normalized spacial score (nSPS) is 11.1. The maximum atomic E-state index is 11.5. The first-order valence-electron chi connectivity index (χ1n) is 4.62. The molecule has 0 aliphatic rings. The summed E-state index contributed by atoms with van der Waals surface area (Å²) < 4.78 is 27.6. The van der Waals surface area contributed by atoms with Gasteiger partial charge in [0.2, 0.25) is 0 Å². The maximum Gasteiger partial charge on any atom is 0.299 e.